The standard InChI is InChI=1S/C26H35N5O2/c1-3-27-26(29-20(2)21-10-8-11-22(18-21)30-15-6-7-16-30)28-14-9-17-31-23-12-4-5-13-24(23)33-19-25(31)32/h4-5,8,10-13,18,20H,3,6-7,9,14-17,19H2,1-2H3,(H2,27,28,29). The first-order valence-corrected chi connectivity index (χ1v) is 12.1. The molecule has 2 aliphatic heterocycles. The van der Waals surface area contributed by atoms with E-state index < -0.39 is 0 Å². The minimum absolute atomic E-state index is 0.00535. The van der Waals surface area contributed by atoms with Crippen LogP contribution in [0.25, 0.3) is 0 Å². The number of nitrogens with one attached hydrogen (secondary N) is 2. The number of carbonyl (C=O) groups excluding carboxylic acids is 1. The first-order chi connectivity index (χ1) is 16.2. The summed E-state index contributed by atoms with van der Waals surface area (Å²) in [5.41, 5.74) is 3.39. The van der Waals surface area contributed by atoms with Crippen LogP contribution in [0.1, 0.15) is 44.7 Å². The van der Waals surface area contributed by atoms with E-state index in [0.717, 1.165) is 43.5 Å². The molecule has 0 spiro atoms. The molecule has 0 aromatic heterocycles. The molecular formula is C26H35N5O2. The smallest absolute Gasteiger partial charge is 0.265 e. The molecule has 0 saturated carbocycles. The second-order valence-electron chi connectivity index (χ2n) is 8.57. The molecule has 0 bridgehead atoms. The Labute approximate surface area is 196 Å². The van der Waals surface area contributed by atoms with Gasteiger partial charge in [0.25, 0.3) is 5.91 Å². The Morgan fingerprint density at radius 2 is 1.97 bits per heavy atom. The van der Waals surface area contributed by atoms with Crippen molar-refractivity contribution in [3.8, 4) is 5.75 Å². The van der Waals surface area contributed by atoms with Crippen LogP contribution in [0.15, 0.2) is 53.5 Å². The molecule has 1 atom stereocenters. The van der Waals surface area contributed by atoms with Crippen molar-refractivity contribution in [2.24, 2.45) is 4.99 Å². The second kappa shape index (κ2) is 11.1. The second-order valence-corrected chi connectivity index (χ2v) is 8.57. The van der Waals surface area contributed by atoms with Crippen molar-refractivity contribution in [1.29, 1.82) is 0 Å². The first-order valence-electron chi connectivity index (χ1n) is 12.1. The minimum Gasteiger partial charge on any atom is -0.482 e. The van der Waals surface area contributed by atoms with Crippen molar-refractivity contribution in [2.75, 3.05) is 49.1 Å². The maximum Gasteiger partial charge on any atom is 0.265 e. The maximum atomic E-state index is 12.3. The summed E-state index contributed by atoms with van der Waals surface area (Å²) in [6, 6.07) is 16.6. The molecule has 2 aliphatic rings. The molecule has 1 unspecified atom stereocenters. The highest BCUT2D eigenvalue weighted by Gasteiger charge is 2.24. The van der Waals surface area contributed by atoms with Gasteiger partial charge in [-0.15, -0.1) is 0 Å². The van der Waals surface area contributed by atoms with Gasteiger partial charge in [-0.05, 0) is 62.9 Å². The summed E-state index contributed by atoms with van der Waals surface area (Å²) in [7, 11) is 0. The van der Waals surface area contributed by atoms with Gasteiger partial charge < -0.3 is 25.2 Å². The third kappa shape index (κ3) is 5.78. The van der Waals surface area contributed by atoms with Gasteiger partial charge in [-0.25, -0.2) is 0 Å². The quantitative estimate of drug-likeness (QED) is 0.365. The van der Waals surface area contributed by atoms with E-state index in [1.54, 1.807) is 4.90 Å². The highest BCUT2D eigenvalue weighted by atomic mass is 16.5. The first kappa shape index (κ1) is 23.0. The number of hydrogen-bond acceptors (Lipinski definition) is 4. The fraction of sp³-hybridized carbons (Fsp3) is 0.462. The Hall–Kier alpha value is -3.22. The van der Waals surface area contributed by atoms with Gasteiger partial charge in [0, 0.05) is 38.4 Å². The van der Waals surface area contributed by atoms with E-state index >= 15 is 0 Å². The monoisotopic (exact) mass is 449 g/mol. The van der Waals surface area contributed by atoms with E-state index in [9.17, 15) is 4.79 Å². The topological polar surface area (TPSA) is 69.2 Å². The molecular weight excluding hydrogens is 414 g/mol. The number of guanidine groups is 1. The summed E-state index contributed by atoms with van der Waals surface area (Å²) in [6.07, 6.45) is 3.32. The zero-order chi connectivity index (χ0) is 23.0. The van der Waals surface area contributed by atoms with Gasteiger partial charge in [0.05, 0.1) is 11.7 Å². The Balaban J connectivity index is 1.34. The molecule has 4 rings (SSSR count). The number of ether oxygens (including phenoxy) is 1. The summed E-state index contributed by atoms with van der Waals surface area (Å²) in [5.74, 6) is 1.56. The molecule has 1 saturated heterocycles. The lowest BCUT2D eigenvalue weighted by Crippen LogP contribution is -2.40. The number of hydrogen-bond donors (Lipinski definition) is 2. The number of carbonyl (C=O) groups is 1. The molecule has 7 heteroatoms. The predicted octanol–water partition coefficient (Wildman–Crippen LogP) is 3.72. The van der Waals surface area contributed by atoms with E-state index in [1.165, 1.54) is 24.1 Å². The van der Waals surface area contributed by atoms with Crippen molar-refractivity contribution in [1.82, 2.24) is 10.6 Å². The van der Waals surface area contributed by atoms with E-state index in [4.69, 9.17) is 9.73 Å². The van der Waals surface area contributed by atoms with Crippen molar-refractivity contribution in [2.45, 2.75) is 39.2 Å². The minimum atomic E-state index is -0.00535. The van der Waals surface area contributed by atoms with Crippen LogP contribution in [0.3, 0.4) is 0 Å². The molecule has 176 valence electrons. The summed E-state index contributed by atoms with van der Waals surface area (Å²) < 4.78 is 5.53. The zero-order valence-corrected chi connectivity index (χ0v) is 19.7. The van der Waals surface area contributed by atoms with E-state index in [1.807, 2.05) is 24.3 Å². The zero-order valence-electron chi connectivity index (χ0n) is 19.7. The Bertz CT molecular complexity index is 971. The normalized spacial score (nSPS) is 16.9. The van der Waals surface area contributed by atoms with E-state index in [0.29, 0.717) is 13.1 Å². The number of amides is 1. The average Bonchev–Trinajstić information content (AvgIpc) is 3.38. The number of para-hydroxylation sites is 2. The lowest BCUT2D eigenvalue weighted by molar-refractivity contribution is -0.121. The van der Waals surface area contributed by atoms with Crippen LogP contribution in [0, 0.1) is 0 Å². The Morgan fingerprint density at radius 3 is 2.79 bits per heavy atom. The predicted molar refractivity (Wildman–Crippen MR) is 134 cm³/mol. The Kier molecular flexibility index (Phi) is 7.70. The van der Waals surface area contributed by atoms with Gasteiger partial charge in [-0.3, -0.25) is 9.79 Å². The van der Waals surface area contributed by atoms with Gasteiger partial charge >= 0.3 is 0 Å². The highest BCUT2D eigenvalue weighted by Crippen LogP contribution is 2.31. The molecule has 2 N–H and O–H groups in total. The molecule has 1 fully saturated rings. The highest BCUT2D eigenvalue weighted by molar-refractivity contribution is 5.97. The van der Waals surface area contributed by atoms with Crippen LogP contribution < -0.4 is 25.2 Å². The van der Waals surface area contributed by atoms with Gasteiger partial charge in [0.2, 0.25) is 0 Å². The number of rotatable bonds is 8. The van der Waals surface area contributed by atoms with Crippen molar-refractivity contribution in [3.63, 3.8) is 0 Å². The van der Waals surface area contributed by atoms with Crippen LogP contribution in [0.5, 0.6) is 5.75 Å². The fourth-order valence-corrected chi connectivity index (χ4v) is 4.39. The molecule has 2 aromatic carbocycles. The Morgan fingerprint density at radius 1 is 1.15 bits per heavy atom. The van der Waals surface area contributed by atoms with Crippen LogP contribution >= 0.6 is 0 Å². The number of aliphatic imine (C=N–C) groups is 1. The summed E-state index contributed by atoms with van der Waals surface area (Å²) in [6.45, 7) is 8.66. The molecule has 2 heterocycles. The molecule has 0 radical (unpaired) electrons. The lowest BCUT2D eigenvalue weighted by Gasteiger charge is -2.29. The van der Waals surface area contributed by atoms with Crippen molar-refractivity contribution >= 4 is 23.2 Å². The van der Waals surface area contributed by atoms with E-state index in [-0.39, 0.29) is 18.6 Å². The van der Waals surface area contributed by atoms with Crippen LogP contribution in [-0.2, 0) is 4.79 Å². The maximum absolute atomic E-state index is 12.3. The largest absolute Gasteiger partial charge is 0.482 e. The number of nitrogens with zero attached hydrogens (tertiary/aromatic N) is 3. The van der Waals surface area contributed by atoms with Gasteiger partial charge in [-0.1, -0.05) is 24.3 Å². The summed E-state index contributed by atoms with van der Waals surface area (Å²) in [4.78, 5) is 21.4. The van der Waals surface area contributed by atoms with Crippen LogP contribution in [-0.4, -0.2) is 51.2 Å². The third-order valence-electron chi connectivity index (χ3n) is 6.16. The van der Waals surface area contributed by atoms with Crippen LogP contribution in [0.2, 0.25) is 0 Å². The molecule has 2 aromatic rings. The van der Waals surface area contributed by atoms with Crippen molar-refractivity contribution < 1.29 is 9.53 Å². The van der Waals surface area contributed by atoms with Crippen molar-refractivity contribution in [3.05, 3.63) is 54.1 Å². The molecule has 33 heavy (non-hydrogen) atoms. The molecule has 7 nitrogen and oxygen atoms in total. The summed E-state index contributed by atoms with van der Waals surface area (Å²) in [5, 5.41) is 6.88. The van der Waals surface area contributed by atoms with E-state index in [2.05, 4.69) is 53.6 Å². The van der Waals surface area contributed by atoms with Gasteiger partial charge in [0.1, 0.15) is 5.75 Å². The summed E-state index contributed by atoms with van der Waals surface area (Å²) >= 11 is 0. The SMILES string of the molecule is CCNC(=NCCCN1C(=O)COc2ccccc21)NC(C)c1cccc(N2CCCC2)c1. The third-order valence-corrected chi connectivity index (χ3v) is 6.16. The van der Waals surface area contributed by atoms with Crippen LogP contribution in [0.4, 0.5) is 11.4 Å². The molecule has 0 aliphatic carbocycles. The lowest BCUT2D eigenvalue weighted by atomic mass is 10.1. The van der Waals surface area contributed by atoms with Gasteiger partial charge in [0.15, 0.2) is 12.6 Å². The fourth-order valence-electron chi connectivity index (χ4n) is 4.39. The number of anilines is 2. The molecule has 1 amide bonds. The van der Waals surface area contributed by atoms with Gasteiger partial charge in [-0.2, -0.15) is 0 Å². The number of benzene rings is 2. The average molecular weight is 450 g/mol. The number of fused-ring (bicyclic) bond motifs is 1.